The van der Waals surface area contributed by atoms with Gasteiger partial charge in [-0.15, -0.1) is 0 Å². The molecule has 0 amide bonds. The largest absolute Gasteiger partial charge is 0.481 e. The number of carbonyl (C=O) groups is 1. The van der Waals surface area contributed by atoms with Crippen LogP contribution >= 0.6 is 0 Å². The molecule has 0 aliphatic carbocycles. The van der Waals surface area contributed by atoms with Crippen molar-refractivity contribution in [2.75, 3.05) is 0 Å². The maximum Gasteiger partial charge on any atom is 0.310 e. The third-order valence-electron chi connectivity index (χ3n) is 2.75. The molecule has 1 N–H and O–H groups in total. The lowest BCUT2D eigenvalue weighted by atomic mass is 9.97. The van der Waals surface area contributed by atoms with Crippen LogP contribution in [0, 0.1) is 0 Å². The molecular weight excluding hydrogens is 214 g/mol. The molecule has 1 heterocycles. The molecule has 1 aromatic carbocycles. The van der Waals surface area contributed by atoms with E-state index in [1.165, 1.54) is 0 Å². The number of hydrogen-bond acceptors (Lipinski definition) is 2. The molecule has 86 valence electrons. The van der Waals surface area contributed by atoms with E-state index in [1.807, 2.05) is 36.4 Å². The molecule has 1 aromatic heterocycles. The third-order valence-corrected chi connectivity index (χ3v) is 2.75. The van der Waals surface area contributed by atoms with Gasteiger partial charge >= 0.3 is 5.97 Å². The van der Waals surface area contributed by atoms with Crippen LogP contribution in [0.5, 0.6) is 0 Å². The maximum absolute atomic E-state index is 10.9. The molecule has 3 heteroatoms. The Kier molecular flexibility index (Phi) is 3.19. The lowest BCUT2D eigenvalue weighted by molar-refractivity contribution is -0.138. The molecule has 0 aliphatic heterocycles. The molecular formula is C14H13NO2. The summed E-state index contributed by atoms with van der Waals surface area (Å²) in [5.74, 6) is -1.31. The van der Waals surface area contributed by atoms with Crippen LogP contribution in [-0.2, 0) is 4.79 Å². The average molecular weight is 227 g/mol. The monoisotopic (exact) mass is 227 g/mol. The second-order valence-electron chi connectivity index (χ2n) is 3.93. The van der Waals surface area contributed by atoms with E-state index in [1.54, 1.807) is 19.3 Å². The Morgan fingerprint density at radius 1 is 1.24 bits per heavy atom. The van der Waals surface area contributed by atoms with E-state index in [2.05, 4.69) is 4.98 Å². The second kappa shape index (κ2) is 4.78. The summed E-state index contributed by atoms with van der Waals surface area (Å²) < 4.78 is 0. The van der Waals surface area contributed by atoms with E-state index < -0.39 is 11.9 Å². The van der Waals surface area contributed by atoms with Gasteiger partial charge in [-0.2, -0.15) is 0 Å². The van der Waals surface area contributed by atoms with Gasteiger partial charge in [0.25, 0.3) is 0 Å². The first-order chi connectivity index (χ1) is 8.18. The first-order valence-electron chi connectivity index (χ1n) is 5.41. The summed E-state index contributed by atoms with van der Waals surface area (Å²) in [4.78, 5) is 15.0. The Bertz CT molecular complexity index is 523. The molecule has 0 saturated carbocycles. The number of benzene rings is 1. The van der Waals surface area contributed by atoms with Crippen LogP contribution in [0.25, 0.3) is 11.1 Å². The molecule has 0 fully saturated rings. The number of hydrogen-bond donors (Lipinski definition) is 1. The Morgan fingerprint density at radius 2 is 2.00 bits per heavy atom. The fraction of sp³-hybridized carbons (Fsp3) is 0.143. The Balaban J connectivity index is 2.39. The molecule has 0 radical (unpaired) electrons. The Hall–Kier alpha value is -2.16. The summed E-state index contributed by atoms with van der Waals surface area (Å²) in [7, 11) is 0. The number of rotatable bonds is 3. The summed E-state index contributed by atoms with van der Waals surface area (Å²) in [6, 6.07) is 11.4. The van der Waals surface area contributed by atoms with Gasteiger partial charge in [-0.25, -0.2) is 0 Å². The molecule has 2 aromatic rings. The summed E-state index contributed by atoms with van der Waals surface area (Å²) in [6.07, 6.45) is 3.48. The van der Waals surface area contributed by atoms with E-state index in [4.69, 9.17) is 5.11 Å². The minimum atomic E-state index is -0.812. The van der Waals surface area contributed by atoms with Gasteiger partial charge in [-0.1, -0.05) is 30.3 Å². The number of carboxylic acids is 1. The van der Waals surface area contributed by atoms with Crippen LogP contribution in [0.2, 0.25) is 0 Å². The van der Waals surface area contributed by atoms with Crippen molar-refractivity contribution >= 4 is 5.97 Å². The molecule has 0 bridgehead atoms. The van der Waals surface area contributed by atoms with Crippen molar-refractivity contribution in [3.8, 4) is 11.1 Å². The van der Waals surface area contributed by atoms with Crippen molar-refractivity contribution < 1.29 is 9.90 Å². The van der Waals surface area contributed by atoms with E-state index >= 15 is 0 Å². The highest BCUT2D eigenvalue weighted by Crippen LogP contribution is 2.23. The molecule has 2 rings (SSSR count). The summed E-state index contributed by atoms with van der Waals surface area (Å²) >= 11 is 0. The van der Waals surface area contributed by atoms with E-state index in [0.29, 0.717) is 0 Å². The predicted octanol–water partition coefficient (Wildman–Crippen LogP) is 2.94. The van der Waals surface area contributed by atoms with Crippen molar-refractivity contribution in [2.45, 2.75) is 12.8 Å². The normalized spacial score (nSPS) is 12.1. The number of nitrogens with zero attached hydrogens (tertiary/aromatic N) is 1. The van der Waals surface area contributed by atoms with Crippen LogP contribution < -0.4 is 0 Å². The van der Waals surface area contributed by atoms with Crippen molar-refractivity contribution in [3.05, 3.63) is 54.4 Å². The molecule has 0 aliphatic rings. The molecule has 0 saturated heterocycles. The summed E-state index contributed by atoms with van der Waals surface area (Å²) in [5.41, 5.74) is 2.79. The Labute approximate surface area is 99.8 Å². The zero-order valence-corrected chi connectivity index (χ0v) is 9.50. The van der Waals surface area contributed by atoms with Crippen LogP contribution in [0.4, 0.5) is 0 Å². The highest BCUT2D eigenvalue weighted by atomic mass is 16.4. The molecule has 1 unspecified atom stereocenters. The number of carboxylic acid groups (broad SMARTS) is 1. The van der Waals surface area contributed by atoms with E-state index in [9.17, 15) is 4.79 Å². The highest BCUT2D eigenvalue weighted by molar-refractivity contribution is 5.76. The first-order valence-corrected chi connectivity index (χ1v) is 5.41. The van der Waals surface area contributed by atoms with Gasteiger partial charge in [0.05, 0.1) is 5.92 Å². The first kappa shape index (κ1) is 11.3. The molecule has 3 nitrogen and oxygen atoms in total. The smallest absolute Gasteiger partial charge is 0.310 e. The zero-order chi connectivity index (χ0) is 12.3. The maximum atomic E-state index is 10.9. The SMILES string of the molecule is CC(C(=O)O)c1cccc(-c2cccnc2)c1. The average Bonchev–Trinajstić information content (AvgIpc) is 2.39. The molecule has 17 heavy (non-hydrogen) atoms. The third kappa shape index (κ3) is 2.50. The number of aliphatic carboxylic acids is 1. The van der Waals surface area contributed by atoms with Gasteiger partial charge in [0.2, 0.25) is 0 Å². The number of aromatic nitrogens is 1. The van der Waals surface area contributed by atoms with Gasteiger partial charge in [-0.3, -0.25) is 9.78 Å². The lowest BCUT2D eigenvalue weighted by Gasteiger charge is -2.08. The van der Waals surface area contributed by atoms with Crippen LogP contribution in [0.15, 0.2) is 48.8 Å². The molecule has 1 atom stereocenters. The zero-order valence-electron chi connectivity index (χ0n) is 9.50. The van der Waals surface area contributed by atoms with E-state index in [-0.39, 0.29) is 0 Å². The van der Waals surface area contributed by atoms with Crippen LogP contribution in [0.1, 0.15) is 18.4 Å². The van der Waals surface area contributed by atoms with Gasteiger partial charge in [0.1, 0.15) is 0 Å². The topological polar surface area (TPSA) is 50.2 Å². The standard InChI is InChI=1S/C14H13NO2/c1-10(14(16)17)11-4-2-5-12(8-11)13-6-3-7-15-9-13/h2-10H,1H3,(H,16,17). The van der Waals surface area contributed by atoms with Crippen molar-refractivity contribution in [1.82, 2.24) is 4.98 Å². The highest BCUT2D eigenvalue weighted by Gasteiger charge is 2.13. The van der Waals surface area contributed by atoms with Crippen LogP contribution in [0.3, 0.4) is 0 Å². The van der Waals surface area contributed by atoms with Gasteiger partial charge < -0.3 is 5.11 Å². The van der Waals surface area contributed by atoms with Crippen molar-refractivity contribution in [1.29, 1.82) is 0 Å². The van der Waals surface area contributed by atoms with Crippen LogP contribution in [-0.4, -0.2) is 16.1 Å². The molecule has 0 spiro atoms. The van der Waals surface area contributed by atoms with Crippen molar-refractivity contribution in [2.24, 2.45) is 0 Å². The Morgan fingerprint density at radius 3 is 2.65 bits per heavy atom. The minimum absolute atomic E-state index is 0.494. The van der Waals surface area contributed by atoms with Crippen molar-refractivity contribution in [3.63, 3.8) is 0 Å². The lowest BCUT2D eigenvalue weighted by Crippen LogP contribution is -2.07. The fourth-order valence-corrected chi connectivity index (χ4v) is 1.66. The fourth-order valence-electron chi connectivity index (χ4n) is 1.66. The van der Waals surface area contributed by atoms with Gasteiger partial charge in [-0.05, 0) is 29.7 Å². The summed E-state index contributed by atoms with van der Waals surface area (Å²) in [6.45, 7) is 1.69. The predicted molar refractivity (Wildman–Crippen MR) is 65.7 cm³/mol. The van der Waals surface area contributed by atoms with Gasteiger partial charge in [0.15, 0.2) is 0 Å². The minimum Gasteiger partial charge on any atom is -0.481 e. The number of pyridine rings is 1. The summed E-state index contributed by atoms with van der Waals surface area (Å²) in [5, 5.41) is 8.98. The van der Waals surface area contributed by atoms with E-state index in [0.717, 1.165) is 16.7 Å². The second-order valence-corrected chi connectivity index (χ2v) is 3.93. The van der Waals surface area contributed by atoms with Gasteiger partial charge in [0, 0.05) is 12.4 Å². The quantitative estimate of drug-likeness (QED) is 0.877.